The Balaban J connectivity index is 3.04. The van der Waals surface area contributed by atoms with Crippen LogP contribution in [0.25, 0.3) is 0 Å². The predicted molar refractivity (Wildman–Crippen MR) is 59.2 cm³/mol. The van der Waals surface area contributed by atoms with E-state index in [-0.39, 0.29) is 11.6 Å². The van der Waals surface area contributed by atoms with E-state index >= 15 is 0 Å². The van der Waals surface area contributed by atoms with Gasteiger partial charge in [-0.15, -0.1) is 0 Å². The number of amides is 1. The van der Waals surface area contributed by atoms with Crippen LogP contribution in [0, 0.1) is 10.1 Å². The molecule has 0 spiro atoms. The van der Waals surface area contributed by atoms with Crippen LogP contribution in [-0.4, -0.2) is 26.7 Å². The average molecular weight is 242 g/mol. The fourth-order valence-electron chi connectivity index (χ4n) is 1.16. The Hall–Kier alpha value is -1.96. The van der Waals surface area contributed by atoms with Crippen LogP contribution in [0.1, 0.15) is 20.8 Å². The topological polar surface area (TPSA) is 90.5 Å². The SMILES string of the molecule is Cn1nc([N+](=O)[O-])cc1N(C=O)OC(C)(C)C. The Bertz CT molecular complexity index is 435. The van der Waals surface area contributed by atoms with Gasteiger partial charge in [0.15, 0.2) is 5.82 Å². The fraction of sp³-hybridized carbons (Fsp3) is 0.556. The summed E-state index contributed by atoms with van der Waals surface area (Å²) >= 11 is 0. The highest BCUT2D eigenvalue weighted by Crippen LogP contribution is 2.22. The van der Waals surface area contributed by atoms with Gasteiger partial charge < -0.3 is 10.1 Å². The van der Waals surface area contributed by atoms with Gasteiger partial charge in [-0.2, -0.15) is 9.75 Å². The quantitative estimate of drug-likeness (QED) is 0.446. The first kappa shape index (κ1) is 13.1. The summed E-state index contributed by atoms with van der Waals surface area (Å²) in [5.41, 5.74) is -0.597. The Morgan fingerprint density at radius 3 is 2.53 bits per heavy atom. The van der Waals surface area contributed by atoms with Crippen LogP contribution in [0.4, 0.5) is 11.6 Å². The van der Waals surface area contributed by atoms with Crippen molar-refractivity contribution in [1.82, 2.24) is 9.78 Å². The van der Waals surface area contributed by atoms with Crippen molar-refractivity contribution >= 4 is 18.0 Å². The van der Waals surface area contributed by atoms with E-state index in [1.54, 1.807) is 20.8 Å². The molecule has 0 aliphatic rings. The molecular formula is C9H14N4O4. The van der Waals surface area contributed by atoms with E-state index in [0.29, 0.717) is 6.41 Å². The molecule has 8 nitrogen and oxygen atoms in total. The third-order valence-corrected chi connectivity index (χ3v) is 1.72. The predicted octanol–water partition coefficient (Wildman–Crippen LogP) is 1.02. The molecule has 0 N–H and O–H groups in total. The normalized spacial score (nSPS) is 11.3. The molecule has 0 bridgehead atoms. The number of hydrogen-bond donors (Lipinski definition) is 0. The van der Waals surface area contributed by atoms with Crippen LogP contribution in [0.3, 0.4) is 0 Å². The summed E-state index contributed by atoms with van der Waals surface area (Å²) in [6.45, 7) is 5.27. The summed E-state index contributed by atoms with van der Waals surface area (Å²) in [5, 5.41) is 15.1. The molecule has 0 atom stereocenters. The molecule has 1 aromatic heterocycles. The molecule has 94 valence electrons. The van der Waals surface area contributed by atoms with E-state index in [1.165, 1.54) is 17.8 Å². The first-order valence-corrected chi connectivity index (χ1v) is 4.86. The van der Waals surface area contributed by atoms with E-state index in [2.05, 4.69) is 5.10 Å². The summed E-state index contributed by atoms with van der Waals surface area (Å²) < 4.78 is 1.21. The summed E-state index contributed by atoms with van der Waals surface area (Å²) in [4.78, 5) is 26.1. The minimum atomic E-state index is -0.635. The number of nitrogens with zero attached hydrogens (tertiary/aromatic N) is 4. The summed E-state index contributed by atoms with van der Waals surface area (Å²) in [7, 11) is 1.49. The minimum Gasteiger partial charge on any atom is -0.358 e. The van der Waals surface area contributed by atoms with Gasteiger partial charge in [-0.3, -0.25) is 9.63 Å². The zero-order chi connectivity index (χ0) is 13.2. The number of aryl methyl sites for hydroxylation is 1. The van der Waals surface area contributed by atoms with Crippen LogP contribution in [-0.2, 0) is 16.7 Å². The Labute approximate surface area is 97.9 Å². The number of rotatable bonds is 4. The van der Waals surface area contributed by atoms with Crippen LogP contribution in [0.2, 0.25) is 0 Å². The van der Waals surface area contributed by atoms with E-state index < -0.39 is 10.5 Å². The summed E-state index contributed by atoms with van der Waals surface area (Å²) in [5.74, 6) is -0.145. The van der Waals surface area contributed by atoms with Crippen molar-refractivity contribution in [2.75, 3.05) is 5.06 Å². The molecule has 0 aromatic carbocycles. The molecule has 1 rings (SSSR count). The van der Waals surface area contributed by atoms with Crippen LogP contribution >= 0.6 is 0 Å². The number of carbonyl (C=O) groups is 1. The molecular weight excluding hydrogens is 228 g/mol. The van der Waals surface area contributed by atoms with Crippen LogP contribution < -0.4 is 5.06 Å². The lowest BCUT2D eigenvalue weighted by atomic mass is 10.2. The molecule has 0 radical (unpaired) electrons. The molecule has 1 heterocycles. The third-order valence-electron chi connectivity index (χ3n) is 1.72. The lowest BCUT2D eigenvalue weighted by Crippen LogP contribution is -2.34. The highest BCUT2D eigenvalue weighted by molar-refractivity contribution is 5.70. The van der Waals surface area contributed by atoms with Crippen molar-refractivity contribution in [2.45, 2.75) is 26.4 Å². The molecule has 1 amide bonds. The number of hydrogen-bond acceptors (Lipinski definition) is 5. The highest BCUT2D eigenvalue weighted by atomic mass is 16.7. The second-order valence-corrected chi connectivity index (χ2v) is 4.38. The fourth-order valence-corrected chi connectivity index (χ4v) is 1.16. The minimum absolute atomic E-state index is 0.196. The maximum atomic E-state index is 10.9. The molecule has 0 aliphatic carbocycles. The van der Waals surface area contributed by atoms with E-state index in [4.69, 9.17) is 4.84 Å². The van der Waals surface area contributed by atoms with Crippen molar-refractivity contribution in [1.29, 1.82) is 0 Å². The molecule has 1 aromatic rings. The van der Waals surface area contributed by atoms with Crippen LogP contribution in [0.15, 0.2) is 6.07 Å². The molecule has 0 saturated heterocycles. The highest BCUT2D eigenvalue weighted by Gasteiger charge is 2.24. The molecule has 0 fully saturated rings. The zero-order valence-electron chi connectivity index (χ0n) is 10.1. The third kappa shape index (κ3) is 3.25. The number of nitro groups is 1. The largest absolute Gasteiger partial charge is 0.392 e. The monoisotopic (exact) mass is 242 g/mol. The van der Waals surface area contributed by atoms with Crippen LogP contribution in [0.5, 0.6) is 0 Å². The standard InChI is InChI=1S/C9H14N4O4/c1-9(2,3)17-12(6-14)8-5-7(13(15)16)10-11(8)4/h5-6H,1-4H3. The van der Waals surface area contributed by atoms with Crippen molar-refractivity contribution in [3.63, 3.8) is 0 Å². The lowest BCUT2D eigenvalue weighted by molar-refractivity contribution is -0.389. The number of anilines is 1. The van der Waals surface area contributed by atoms with E-state index in [9.17, 15) is 14.9 Å². The first-order valence-electron chi connectivity index (χ1n) is 4.86. The van der Waals surface area contributed by atoms with Crippen molar-refractivity contribution in [3.8, 4) is 0 Å². The maximum absolute atomic E-state index is 10.9. The van der Waals surface area contributed by atoms with Crippen molar-refractivity contribution in [3.05, 3.63) is 16.2 Å². The number of aromatic nitrogens is 2. The van der Waals surface area contributed by atoms with Gasteiger partial charge in [0.2, 0.25) is 6.41 Å². The van der Waals surface area contributed by atoms with Gasteiger partial charge in [-0.25, -0.2) is 0 Å². The van der Waals surface area contributed by atoms with Crippen molar-refractivity contribution in [2.24, 2.45) is 7.05 Å². The second-order valence-electron chi connectivity index (χ2n) is 4.38. The second kappa shape index (κ2) is 4.50. The Kier molecular flexibility index (Phi) is 3.47. The van der Waals surface area contributed by atoms with Gasteiger partial charge in [0.05, 0.1) is 23.8 Å². The molecule has 17 heavy (non-hydrogen) atoms. The van der Waals surface area contributed by atoms with E-state index in [0.717, 1.165) is 5.06 Å². The zero-order valence-corrected chi connectivity index (χ0v) is 10.1. The molecule has 8 heteroatoms. The number of carbonyl (C=O) groups excluding carboxylic acids is 1. The van der Waals surface area contributed by atoms with Gasteiger partial charge >= 0.3 is 5.82 Å². The Morgan fingerprint density at radius 1 is 1.59 bits per heavy atom. The summed E-state index contributed by atoms with van der Waals surface area (Å²) in [6, 6.07) is 1.17. The van der Waals surface area contributed by atoms with Gasteiger partial charge in [-0.05, 0) is 25.7 Å². The molecule has 0 aliphatic heterocycles. The van der Waals surface area contributed by atoms with Gasteiger partial charge in [0, 0.05) is 0 Å². The lowest BCUT2D eigenvalue weighted by Gasteiger charge is -2.25. The smallest absolute Gasteiger partial charge is 0.358 e. The number of hydroxylamine groups is 1. The van der Waals surface area contributed by atoms with Crippen molar-refractivity contribution < 1.29 is 14.6 Å². The van der Waals surface area contributed by atoms with Gasteiger partial charge in [-0.1, -0.05) is 0 Å². The van der Waals surface area contributed by atoms with Gasteiger partial charge in [0.25, 0.3) is 0 Å². The summed E-state index contributed by atoms with van der Waals surface area (Å²) in [6.07, 6.45) is 0.436. The molecule has 0 saturated carbocycles. The van der Waals surface area contributed by atoms with Gasteiger partial charge in [0.1, 0.15) is 0 Å². The maximum Gasteiger partial charge on any atom is 0.392 e. The van der Waals surface area contributed by atoms with E-state index in [1.807, 2.05) is 0 Å². The Morgan fingerprint density at radius 2 is 2.18 bits per heavy atom. The molecule has 0 unspecified atom stereocenters. The average Bonchev–Trinajstić information content (AvgIpc) is 2.55. The first-order chi connectivity index (χ1) is 7.74.